The lowest BCUT2D eigenvalue weighted by Crippen LogP contribution is -2.31. The lowest BCUT2D eigenvalue weighted by atomic mass is 10.1. The van der Waals surface area contributed by atoms with Crippen LogP contribution in [0.4, 0.5) is 0 Å². The summed E-state index contributed by atoms with van der Waals surface area (Å²) in [6.45, 7) is 4.35. The van der Waals surface area contributed by atoms with Crippen LogP contribution < -0.4 is 10.1 Å². The molecule has 1 heterocycles. The summed E-state index contributed by atoms with van der Waals surface area (Å²) in [6, 6.07) is 5.38. The number of hydrogen-bond acceptors (Lipinski definition) is 4. The van der Waals surface area contributed by atoms with Crippen molar-refractivity contribution in [2.45, 2.75) is 32.5 Å². The molecule has 0 aliphatic carbocycles. The summed E-state index contributed by atoms with van der Waals surface area (Å²) in [7, 11) is 1.61. The van der Waals surface area contributed by atoms with Gasteiger partial charge in [-0.15, -0.1) is 0 Å². The van der Waals surface area contributed by atoms with Crippen LogP contribution in [0.1, 0.15) is 35.7 Å². The molecule has 1 fully saturated rings. The maximum absolute atomic E-state index is 12.2. The zero-order valence-electron chi connectivity index (χ0n) is 12.7. The standard InChI is InChI=1S/C16H23NO4/c1-3-20-11-13-9-12(6-7-15(13)19-2)16(18)17-10-14-5-4-8-21-14/h6-7,9,14H,3-5,8,10-11H2,1-2H3,(H,17,18)/t14-/m1/s1. The van der Waals surface area contributed by atoms with Crippen LogP contribution in [0.25, 0.3) is 0 Å². The van der Waals surface area contributed by atoms with E-state index in [1.807, 2.05) is 13.0 Å². The Balaban J connectivity index is 1.98. The van der Waals surface area contributed by atoms with Crippen molar-refractivity contribution in [1.82, 2.24) is 5.32 Å². The van der Waals surface area contributed by atoms with E-state index in [1.165, 1.54) is 0 Å². The number of methoxy groups -OCH3 is 1. The topological polar surface area (TPSA) is 56.8 Å². The highest BCUT2D eigenvalue weighted by Gasteiger charge is 2.17. The van der Waals surface area contributed by atoms with Crippen LogP contribution in [-0.4, -0.2) is 38.9 Å². The molecule has 1 aliphatic rings. The minimum absolute atomic E-state index is 0.0918. The second-order valence-corrected chi connectivity index (χ2v) is 5.01. The van der Waals surface area contributed by atoms with Gasteiger partial charge >= 0.3 is 0 Å². The van der Waals surface area contributed by atoms with E-state index in [-0.39, 0.29) is 12.0 Å². The summed E-state index contributed by atoms with van der Waals surface area (Å²) in [5.41, 5.74) is 1.49. The summed E-state index contributed by atoms with van der Waals surface area (Å²) in [5, 5.41) is 2.92. The van der Waals surface area contributed by atoms with Crippen molar-refractivity contribution >= 4 is 5.91 Å². The van der Waals surface area contributed by atoms with E-state index in [1.54, 1.807) is 19.2 Å². The highest BCUT2D eigenvalue weighted by molar-refractivity contribution is 5.94. The molecule has 1 saturated heterocycles. The Morgan fingerprint density at radius 1 is 1.48 bits per heavy atom. The van der Waals surface area contributed by atoms with Gasteiger partial charge in [0.15, 0.2) is 0 Å². The van der Waals surface area contributed by atoms with Crippen molar-refractivity contribution in [2.75, 3.05) is 26.9 Å². The second-order valence-electron chi connectivity index (χ2n) is 5.01. The maximum Gasteiger partial charge on any atom is 0.251 e. The molecule has 0 aromatic heterocycles. The average Bonchev–Trinajstić information content (AvgIpc) is 3.03. The predicted molar refractivity (Wildman–Crippen MR) is 79.6 cm³/mol. The lowest BCUT2D eigenvalue weighted by Gasteiger charge is -2.13. The number of carbonyl (C=O) groups is 1. The molecule has 0 saturated carbocycles. The van der Waals surface area contributed by atoms with Gasteiger partial charge in [0.25, 0.3) is 5.91 Å². The van der Waals surface area contributed by atoms with Crippen LogP contribution in [0, 0.1) is 0 Å². The number of nitrogens with one attached hydrogen (secondary N) is 1. The van der Waals surface area contributed by atoms with Crippen molar-refractivity contribution in [2.24, 2.45) is 0 Å². The SMILES string of the molecule is CCOCc1cc(C(=O)NC[C@H]2CCCO2)ccc1OC. The Hall–Kier alpha value is -1.59. The molecule has 0 unspecified atom stereocenters. The highest BCUT2D eigenvalue weighted by atomic mass is 16.5. The Morgan fingerprint density at radius 2 is 2.33 bits per heavy atom. The summed E-state index contributed by atoms with van der Waals surface area (Å²) in [6.07, 6.45) is 2.23. The van der Waals surface area contributed by atoms with Crippen molar-refractivity contribution in [1.29, 1.82) is 0 Å². The van der Waals surface area contributed by atoms with Crippen LogP contribution >= 0.6 is 0 Å². The van der Waals surface area contributed by atoms with E-state index < -0.39 is 0 Å². The Bertz CT molecular complexity index is 469. The van der Waals surface area contributed by atoms with Crippen LogP contribution in [0.5, 0.6) is 5.75 Å². The fourth-order valence-corrected chi connectivity index (χ4v) is 2.36. The van der Waals surface area contributed by atoms with Crippen molar-refractivity contribution in [3.63, 3.8) is 0 Å². The summed E-state index contributed by atoms with van der Waals surface area (Å²) in [4.78, 5) is 12.2. The molecule has 1 aliphatic heterocycles. The molecule has 0 radical (unpaired) electrons. The van der Waals surface area contributed by atoms with Gasteiger partial charge in [0.2, 0.25) is 0 Å². The Morgan fingerprint density at radius 3 is 3.00 bits per heavy atom. The van der Waals surface area contributed by atoms with Crippen LogP contribution in [0.15, 0.2) is 18.2 Å². The summed E-state index contributed by atoms with van der Waals surface area (Å²) in [5.74, 6) is 0.644. The van der Waals surface area contributed by atoms with Crippen molar-refractivity contribution < 1.29 is 19.0 Å². The van der Waals surface area contributed by atoms with Gasteiger partial charge in [-0.3, -0.25) is 4.79 Å². The van der Waals surface area contributed by atoms with Crippen LogP contribution in [0.2, 0.25) is 0 Å². The molecular weight excluding hydrogens is 270 g/mol. The zero-order chi connectivity index (χ0) is 15.1. The minimum Gasteiger partial charge on any atom is -0.496 e. The molecule has 1 N–H and O–H groups in total. The molecule has 0 spiro atoms. The first-order chi connectivity index (χ1) is 10.2. The van der Waals surface area contributed by atoms with Gasteiger partial charge in [0, 0.05) is 30.9 Å². The monoisotopic (exact) mass is 293 g/mol. The summed E-state index contributed by atoms with van der Waals surface area (Å²) >= 11 is 0. The van der Waals surface area contributed by atoms with Gasteiger partial charge in [-0.1, -0.05) is 0 Å². The largest absolute Gasteiger partial charge is 0.496 e. The average molecular weight is 293 g/mol. The van der Waals surface area contributed by atoms with E-state index >= 15 is 0 Å². The zero-order valence-corrected chi connectivity index (χ0v) is 12.7. The third-order valence-electron chi connectivity index (χ3n) is 3.52. The first-order valence-electron chi connectivity index (χ1n) is 7.39. The number of rotatable bonds is 7. The van der Waals surface area contributed by atoms with E-state index in [4.69, 9.17) is 14.2 Å². The third-order valence-corrected chi connectivity index (χ3v) is 3.52. The van der Waals surface area contributed by atoms with E-state index in [9.17, 15) is 4.79 Å². The lowest BCUT2D eigenvalue weighted by molar-refractivity contribution is 0.0857. The van der Waals surface area contributed by atoms with E-state index in [2.05, 4.69) is 5.32 Å². The van der Waals surface area contributed by atoms with Gasteiger partial charge in [-0.25, -0.2) is 0 Å². The molecular formula is C16H23NO4. The van der Waals surface area contributed by atoms with E-state index in [0.29, 0.717) is 25.3 Å². The fraction of sp³-hybridized carbons (Fsp3) is 0.562. The van der Waals surface area contributed by atoms with Crippen LogP contribution in [0.3, 0.4) is 0 Å². The Labute approximate surface area is 125 Å². The summed E-state index contributed by atoms with van der Waals surface area (Å²) < 4.78 is 16.2. The number of hydrogen-bond donors (Lipinski definition) is 1. The first-order valence-corrected chi connectivity index (χ1v) is 7.39. The molecule has 5 heteroatoms. The normalized spacial score (nSPS) is 17.7. The Kier molecular flexibility index (Phi) is 6.02. The van der Waals surface area contributed by atoms with Crippen molar-refractivity contribution in [3.05, 3.63) is 29.3 Å². The van der Waals surface area contributed by atoms with Gasteiger partial charge in [-0.2, -0.15) is 0 Å². The van der Waals surface area contributed by atoms with Crippen molar-refractivity contribution in [3.8, 4) is 5.75 Å². The number of benzene rings is 1. The number of carbonyl (C=O) groups excluding carboxylic acids is 1. The molecule has 1 amide bonds. The number of ether oxygens (including phenoxy) is 3. The second kappa shape index (κ2) is 8.00. The molecule has 1 aromatic carbocycles. The molecule has 5 nitrogen and oxygen atoms in total. The molecule has 2 rings (SSSR count). The number of amides is 1. The van der Waals surface area contributed by atoms with Gasteiger partial charge < -0.3 is 19.5 Å². The fourth-order valence-electron chi connectivity index (χ4n) is 2.36. The quantitative estimate of drug-likeness (QED) is 0.837. The molecule has 1 aromatic rings. The molecule has 116 valence electrons. The molecule has 0 bridgehead atoms. The first kappa shape index (κ1) is 15.8. The molecule has 1 atom stereocenters. The predicted octanol–water partition coefficient (Wildman–Crippen LogP) is 2.14. The maximum atomic E-state index is 12.2. The van der Waals surface area contributed by atoms with Gasteiger partial charge in [0.05, 0.1) is 19.8 Å². The smallest absolute Gasteiger partial charge is 0.251 e. The van der Waals surface area contributed by atoms with Crippen LogP contribution in [-0.2, 0) is 16.1 Å². The highest BCUT2D eigenvalue weighted by Crippen LogP contribution is 2.21. The van der Waals surface area contributed by atoms with Gasteiger partial charge in [0.1, 0.15) is 5.75 Å². The van der Waals surface area contributed by atoms with Gasteiger partial charge in [-0.05, 0) is 38.0 Å². The third kappa shape index (κ3) is 4.44. The van der Waals surface area contributed by atoms with E-state index in [0.717, 1.165) is 30.8 Å². The molecule has 21 heavy (non-hydrogen) atoms. The minimum atomic E-state index is -0.0918.